The Bertz CT molecular complexity index is 936. The summed E-state index contributed by atoms with van der Waals surface area (Å²) >= 11 is 0. The number of amides is 2. The summed E-state index contributed by atoms with van der Waals surface area (Å²) in [7, 11) is 0. The van der Waals surface area contributed by atoms with E-state index in [1.165, 1.54) is 0 Å². The molecule has 2 rings (SSSR count). The molecule has 2 aromatic carbocycles. The van der Waals surface area contributed by atoms with Gasteiger partial charge in [0.1, 0.15) is 18.2 Å². The standard InChI is InChI=1S/C27H36N2O5/c1-26(2,3)34-25(32)29-27(4,5)18-23(30)28-22(17-16-20-12-8-6-9-13-20)24(31)33-19-21-14-10-7-11-15-21/h6-15,22H,16-19H2,1-5H3,(H,28,30)(H,29,32)/t22-/m1/s1. The highest BCUT2D eigenvalue weighted by atomic mass is 16.6. The maximum Gasteiger partial charge on any atom is 0.408 e. The first kappa shape index (κ1) is 26.9. The Balaban J connectivity index is 2.00. The van der Waals surface area contributed by atoms with Crippen LogP contribution >= 0.6 is 0 Å². The number of nitrogens with one attached hydrogen (secondary N) is 2. The topological polar surface area (TPSA) is 93.7 Å². The second-order valence-corrected chi connectivity index (χ2v) is 9.93. The first-order valence-corrected chi connectivity index (χ1v) is 11.5. The highest BCUT2D eigenvalue weighted by Gasteiger charge is 2.29. The van der Waals surface area contributed by atoms with E-state index in [0.717, 1.165) is 11.1 Å². The van der Waals surface area contributed by atoms with Crippen molar-refractivity contribution in [2.75, 3.05) is 0 Å². The van der Waals surface area contributed by atoms with Crippen LogP contribution in [0.2, 0.25) is 0 Å². The number of ether oxygens (including phenoxy) is 2. The van der Waals surface area contributed by atoms with E-state index in [2.05, 4.69) is 10.6 Å². The third-order valence-corrected chi connectivity index (χ3v) is 4.85. The molecule has 0 saturated carbocycles. The second-order valence-electron chi connectivity index (χ2n) is 9.93. The SMILES string of the molecule is CC(C)(CC(=O)N[C@H](CCc1ccccc1)C(=O)OCc1ccccc1)NC(=O)OC(C)(C)C. The fraction of sp³-hybridized carbons (Fsp3) is 0.444. The Morgan fingerprint density at radius 3 is 1.97 bits per heavy atom. The average molecular weight is 469 g/mol. The molecule has 0 bridgehead atoms. The summed E-state index contributed by atoms with van der Waals surface area (Å²) in [6.07, 6.45) is 0.364. The van der Waals surface area contributed by atoms with Crippen LogP contribution < -0.4 is 10.6 Å². The molecule has 0 aromatic heterocycles. The summed E-state index contributed by atoms with van der Waals surface area (Å²) in [6, 6.07) is 18.3. The third-order valence-electron chi connectivity index (χ3n) is 4.85. The number of rotatable bonds is 10. The zero-order chi connectivity index (χ0) is 25.2. The molecular formula is C27H36N2O5. The number of carbonyl (C=O) groups is 3. The van der Waals surface area contributed by atoms with Gasteiger partial charge in [-0.1, -0.05) is 60.7 Å². The molecule has 0 saturated heterocycles. The van der Waals surface area contributed by atoms with Gasteiger partial charge in [0.25, 0.3) is 0 Å². The van der Waals surface area contributed by atoms with Crippen molar-refractivity contribution in [3.8, 4) is 0 Å². The Morgan fingerprint density at radius 1 is 0.853 bits per heavy atom. The van der Waals surface area contributed by atoms with Crippen molar-refractivity contribution in [2.24, 2.45) is 0 Å². The fourth-order valence-electron chi connectivity index (χ4n) is 3.30. The summed E-state index contributed by atoms with van der Waals surface area (Å²) in [5, 5.41) is 5.51. The zero-order valence-corrected chi connectivity index (χ0v) is 20.7. The van der Waals surface area contributed by atoms with Crippen LogP contribution in [0, 0.1) is 0 Å². The number of hydrogen-bond donors (Lipinski definition) is 2. The molecule has 0 aliphatic carbocycles. The van der Waals surface area contributed by atoms with E-state index in [4.69, 9.17) is 9.47 Å². The monoisotopic (exact) mass is 468 g/mol. The van der Waals surface area contributed by atoms with Crippen LogP contribution in [0.3, 0.4) is 0 Å². The van der Waals surface area contributed by atoms with Gasteiger partial charge in [0.2, 0.25) is 5.91 Å². The van der Waals surface area contributed by atoms with Crippen molar-refractivity contribution in [3.05, 3.63) is 71.8 Å². The predicted molar refractivity (Wildman–Crippen MR) is 131 cm³/mol. The minimum Gasteiger partial charge on any atom is -0.459 e. The molecule has 0 aliphatic heterocycles. The lowest BCUT2D eigenvalue weighted by Gasteiger charge is -2.28. The molecule has 0 heterocycles. The molecule has 0 spiro atoms. The molecule has 0 unspecified atom stereocenters. The number of aryl methyl sites for hydroxylation is 1. The van der Waals surface area contributed by atoms with Gasteiger partial charge >= 0.3 is 12.1 Å². The van der Waals surface area contributed by atoms with Gasteiger partial charge in [-0.15, -0.1) is 0 Å². The highest BCUT2D eigenvalue weighted by Crippen LogP contribution is 2.14. The van der Waals surface area contributed by atoms with Crippen LogP contribution in [0.15, 0.2) is 60.7 Å². The van der Waals surface area contributed by atoms with Crippen LogP contribution in [0.25, 0.3) is 0 Å². The van der Waals surface area contributed by atoms with Gasteiger partial charge < -0.3 is 20.1 Å². The van der Waals surface area contributed by atoms with Crippen LogP contribution in [0.1, 0.15) is 58.6 Å². The zero-order valence-electron chi connectivity index (χ0n) is 20.7. The second kappa shape index (κ2) is 12.2. The lowest BCUT2D eigenvalue weighted by molar-refractivity contribution is -0.149. The maximum absolute atomic E-state index is 12.8. The molecule has 1 atom stereocenters. The van der Waals surface area contributed by atoms with Crippen molar-refractivity contribution >= 4 is 18.0 Å². The molecular weight excluding hydrogens is 432 g/mol. The summed E-state index contributed by atoms with van der Waals surface area (Å²) in [6.45, 7) is 8.88. The van der Waals surface area contributed by atoms with E-state index in [0.29, 0.717) is 12.8 Å². The molecule has 2 aromatic rings. The van der Waals surface area contributed by atoms with Gasteiger partial charge in [0, 0.05) is 12.0 Å². The molecule has 2 amide bonds. The average Bonchev–Trinajstić information content (AvgIpc) is 2.74. The van der Waals surface area contributed by atoms with E-state index in [-0.39, 0.29) is 18.9 Å². The maximum atomic E-state index is 12.8. The summed E-state index contributed by atoms with van der Waals surface area (Å²) in [5.41, 5.74) is 0.411. The predicted octanol–water partition coefficient (Wildman–Crippen LogP) is 4.54. The summed E-state index contributed by atoms with van der Waals surface area (Å²) < 4.78 is 10.8. The number of carbonyl (C=O) groups excluding carboxylic acids is 3. The van der Waals surface area contributed by atoms with Crippen LogP contribution in [0.4, 0.5) is 4.79 Å². The van der Waals surface area contributed by atoms with Crippen LogP contribution in [-0.4, -0.2) is 35.2 Å². The largest absolute Gasteiger partial charge is 0.459 e. The number of benzene rings is 2. The number of esters is 1. The van der Waals surface area contributed by atoms with Gasteiger partial charge in [-0.2, -0.15) is 0 Å². The molecule has 7 nitrogen and oxygen atoms in total. The third kappa shape index (κ3) is 10.5. The van der Waals surface area contributed by atoms with E-state index >= 15 is 0 Å². The Hall–Kier alpha value is -3.35. The van der Waals surface area contributed by atoms with Crippen molar-refractivity contribution in [1.82, 2.24) is 10.6 Å². The van der Waals surface area contributed by atoms with Crippen LogP contribution in [-0.2, 0) is 32.1 Å². The van der Waals surface area contributed by atoms with Crippen molar-refractivity contribution in [1.29, 1.82) is 0 Å². The minimum atomic E-state index is -0.871. The lowest BCUT2D eigenvalue weighted by Crippen LogP contribution is -2.50. The van der Waals surface area contributed by atoms with E-state index in [1.54, 1.807) is 34.6 Å². The molecule has 0 aliphatic rings. The lowest BCUT2D eigenvalue weighted by atomic mass is 9.99. The fourth-order valence-corrected chi connectivity index (χ4v) is 3.30. The Morgan fingerprint density at radius 2 is 1.41 bits per heavy atom. The number of alkyl carbamates (subject to hydrolysis) is 1. The molecule has 0 fully saturated rings. The molecule has 2 N–H and O–H groups in total. The molecule has 0 radical (unpaired) electrons. The van der Waals surface area contributed by atoms with Gasteiger partial charge in [-0.3, -0.25) is 4.79 Å². The normalized spacial score (nSPS) is 12.4. The summed E-state index contributed by atoms with van der Waals surface area (Å²) in [4.78, 5) is 37.8. The van der Waals surface area contributed by atoms with Crippen molar-refractivity contribution < 1.29 is 23.9 Å². The molecule has 7 heteroatoms. The van der Waals surface area contributed by atoms with Crippen molar-refractivity contribution in [2.45, 2.75) is 77.7 Å². The first-order chi connectivity index (χ1) is 15.9. The molecule has 34 heavy (non-hydrogen) atoms. The molecule has 184 valence electrons. The van der Waals surface area contributed by atoms with Gasteiger partial charge in [-0.05, 0) is 58.6 Å². The van der Waals surface area contributed by atoms with E-state index < -0.39 is 29.2 Å². The van der Waals surface area contributed by atoms with Crippen LogP contribution in [0.5, 0.6) is 0 Å². The van der Waals surface area contributed by atoms with Gasteiger partial charge in [-0.25, -0.2) is 9.59 Å². The van der Waals surface area contributed by atoms with E-state index in [1.807, 2.05) is 60.7 Å². The quantitative estimate of drug-likeness (QED) is 0.499. The first-order valence-electron chi connectivity index (χ1n) is 11.5. The Kier molecular flexibility index (Phi) is 9.66. The van der Waals surface area contributed by atoms with Gasteiger partial charge in [0.05, 0.1) is 0 Å². The highest BCUT2D eigenvalue weighted by molar-refractivity contribution is 5.85. The smallest absolute Gasteiger partial charge is 0.408 e. The van der Waals surface area contributed by atoms with E-state index in [9.17, 15) is 14.4 Å². The number of hydrogen-bond acceptors (Lipinski definition) is 5. The summed E-state index contributed by atoms with van der Waals surface area (Å²) in [5.74, 6) is -0.859. The van der Waals surface area contributed by atoms with Gasteiger partial charge in [0.15, 0.2) is 0 Å². The van der Waals surface area contributed by atoms with Crippen molar-refractivity contribution in [3.63, 3.8) is 0 Å². The Labute approximate surface area is 202 Å². The minimum absolute atomic E-state index is 0.0277.